The van der Waals surface area contributed by atoms with E-state index < -0.39 is 5.91 Å². The summed E-state index contributed by atoms with van der Waals surface area (Å²) in [6.45, 7) is 6.20. The number of hydrogen-bond acceptors (Lipinski definition) is 4. The lowest BCUT2D eigenvalue weighted by atomic mass is 9.97. The second kappa shape index (κ2) is 9.14. The number of benzene rings is 1. The number of nitrogens with zero attached hydrogens (tertiary/aromatic N) is 2. The average Bonchev–Trinajstić information content (AvgIpc) is 3.11. The number of primary amides is 1. The van der Waals surface area contributed by atoms with Gasteiger partial charge in [0.1, 0.15) is 0 Å². The molecule has 0 saturated carbocycles. The maximum atomic E-state index is 12.4. The van der Waals surface area contributed by atoms with Gasteiger partial charge in [0.25, 0.3) is 0 Å². The van der Waals surface area contributed by atoms with Crippen LogP contribution in [0, 0.1) is 5.92 Å². The predicted molar refractivity (Wildman–Crippen MR) is 99.8 cm³/mol. The standard InChI is InChI=1S/C20H29N3O3/c21-20(25)18-4-1-3-16(14-18)13-17-6-8-23(15-17)19(24)5-2-7-22-9-11-26-12-10-22/h1,3-4,14,17H,2,5-13,15H2,(H2,21,25). The van der Waals surface area contributed by atoms with E-state index in [-0.39, 0.29) is 5.91 Å². The summed E-state index contributed by atoms with van der Waals surface area (Å²) < 4.78 is 5.35. The molecule has 0 aliphatic carbocycles. The second-order valence-electron chi connectivity index (χ2n) is 7.32. The molecule has 2 amide bonds. The monoisotopic (exact) mass is 359 g/mol. The maximum absolute atomic E-state index is 12.4. The Morgan fingerprint density at radius 1 is 1.19 bits per heavy atom. The number of amides is 2. The van der Waals surface area contributed by atoms with Crippen LogP contribution in [0.1, 0.15) is 35.2 Å². The molecule has 1 unspecified atom stereocenters. The molecule has 2 fully saturated rings. The Balaban J connectivity index is 1.40. The molecule has 2 aliphatic heterocycles. The molecule has 2 heterocycles. The summed E-state index contributed by atoms with van der Waals surface area (Å²) in [5.41, 5.74) is 7.02. The zero-order valence-electron chi connectivity index (χ0n) is 15.4. The average molecular weight is 359 g/mol. The minimum Gasteiger partial charge on any atom is -0.379 e. The second-order valence-corrected chi connectivity index (χ2v) is 7.32. The van der Waals surface area contributed by atoms with E-state index in [2.05, 4.69) is 4.90 Å². The van der Waals surface area contributed by atoms with Crippen molar-refractivity contribution in [3.05, 3.63) is 35.4 Å². The zero-order valence-corrected chi connectivity index (χ0v) is 15.4. The molecule has 2 aliphatic rings. The fourth-order valence-electron chi connectivity index (χ4n) is 3.85. The molecule has 1 aromatic carbocycles. The van der Waals surface area contributed by atoms with Crippen LogP contribution in [0.5, 0.6) is 0 Å². The molecule has 0 bridgehead atoms. The van der Waals surface area contributed by atoms with Crippen LogP contribution in [-0.2, 0) is 16.0 Å². The Labute approximate surface area is 155 Å². The highest BCUT2D eigenvalue weighted by Crippen LogP contribution is 2.22. The summed E-state index contributed by atoms with van der Waals surface area (Å²) in [6, 6.07) is 7.51. The van der Waals surface area contributed by atoms with Crippen LogP contribution >= 0.6 is 0 Å². The smallest absolute Gasteiger partial charge is 0.248 e. The largest absolute Gasteiger partial charge is 0.379 e. The van der Waals surface area contributed by atoms with Crippen LogP contribution in [0.4, 0.5) is 0 Å². The lowest BCUT2D eigenvalue weighted by Gasteiger charge is -2.26. The first-order valence-corrected chi connectivity index (χ1v) is 9.58. The van der Waals surface area contributed by atoms with E-state index in [1.165, 1.54) is 0 Å². The molecule has 0 aromatic heterocycles. The summed E-state index contributed by atoms with van der Waals surface area (Å²) in [6.07, 6.45) is 3.45. The molecule has 6 heteroatoms. The van der Waals surface area contributed by atoms with Gasteiger partial charge in [0, 0.05) is 38.2 Å². The van der Waals surface area contributed by atoms with E-state index in [0.717, 1.165) is 70.8 Å². The highest BCUT2D eigenvalue weighted by molar-refractivity contribution is 5.92. The van der Waals surface area contributed by atoms with Crippen molar-refractivity contribution < 1.29 is 14.3 Å². The molecule has 2 N–H and O–H groups in total. The molecule has 1 atom stereocenters. The van der Waals surface area contributed by atoms with Gasteiger partial charge in [-0.05, 0) is 49.4 Å². The zero-order chi connectivity index (χ0) is 18.4. The molecule has 0 spiro atoms. The van der Waals surface area contributed by atoms with Crippen LogP contribution in [0.3, 0.4) is 0 Å². The molecule has 2 saturated heterocycles. The Morgan fingerprint density at radius 3 is 2.77 bits per heavy atom. The lowest BCUT2D eigenvalue weighted by Crippen LogP contribution is -2.37. The molecule has 142 valence electrons. The van der Waals surface area contributed by atoms with E-state index in [9.17, 15) is 9.59 Å². The first-order valence-electron chi connectivity index (χ1n) is 9.58. The van der Waals surface area contributed by atoms with Crippen LogP contribution in [0.2, 0.25) is 0 Å². The quantitative estimate of drug-likeness (QED) is 0.796. The van der Waals surface area contributed by atoms with Gasteiger partial charge < -0.3 is 15.4 Å². The number of morpholine rings is 1. The first-order chi connectivity index (χ1) is 12.6. The fourth-order valence-corrected chi connectivity index (χ4v) is 3.85. The number of likely N-dealkylation sites (tertiary alicyclic amines) is 1. The van der Waals surface area contributed by atoms with Gasteiger partial charge in [0.2, 0.25) is 11.8 Å². The summed E-state index contributed by atoms with van der Waals surface area (Å²) >= 11 is 0. The van der Waals surface area contributed by atoms with E-state index in [0.29, 0.717) is 17.9 Å². The Hall–Kier alpha value is -1.92. The third-order valence-corrected chi connectivity index (χ3v) is 5.34. The number of hydrogen-bond donors (Lipinski definition) is 1. The first kappa shape index (κ1) is 18.9. The van der Waals surface area contributed by atoms with Gasteiger partial charge in [-0.2, -0.15) is 0 Å². The number of rotatable bonds is 7. The van der Waals surface area contributed by atoms with Gasteiger partial charge in [0.15, 0.2) is 0 Å². The van der Waals surface area contributed by atoms with E-state index in [4.69, 9.17) is 10.5 Å². The minimum absolute atomic E-state index is 0.270. The van der Waals surface area contributed by atoms with Crippen molar-refractivity contribution in [1.29, 1.82) is 0 Å². The van der Waals surface area contributed by atoms with Crippen molar-refractivity contribution >= 4 is 11.8 Å². The van der Waals surface area contributed by atoms with Gasteiger partial charge in [-0.25, -0.2) is 0 Å². The Kier molecular flexibility index (Phi) is 6.63. The molecule has 1 aromatic rings. The molecule has 0 radical (unpaired) electrons. The third-order valence-electron chi connectivity index (χ3n) is 5.34. The minimum atomic E-state index is -0.393. The van der Waals surface area contributed by atoms with Crippen molar-refractivity contribution in [2.24, 2.45) is 11.7 Å². The molecule has 26 heavy (non-hydrogen) atoms. The van der Waals surface area contributed by atoms with Gasteiger partial charge in [-0.15, -0.1) is 0 Å². The van der Waals surface area contributed by atoms with Crippen molar-refractivity contribution in [3.63, 3.8) is 0 Å². The molecular weight excluding hydrogens is 330 g/mol. The highest BCUT2D eigenvalue weighted by atomic mass is 16.5. The van der Waals surface area contributed by atoms with Crippen LogP contribution in [0.25, 0.3) is 0 Å². The summed E-state index contributed by atoms with van der Waals surface area (Å²) in [4.78, 5) is 28.1. The number of nitrogens with two attached hydrogens (primary N) is 1. The Morgan fingerprint density at radius 2 is 2.00 bits per heavy atom. The van der Waals surface area contributed by atoms with Gasteiger partial charge in [-0.1, -0.05) is 12.1 Å². The lowest BCUT2D eigenvalue weighted by molar-refractivity contribution is -0.130. The highest BCUT2D eigenvalue weighted by Gasteiger charge is 2.26. The number of ether oxygens (including phenoxy) is 1. The van der Waals surface area contributed by atoms with E-state index in [1.54, 1.807) is 6.07 Å². The van der Waals surface area contributed by atoms with Crippen LogP contribution in [-0.4, -0.2) is 67.6 Å². The fraction of sp³-hybridized carbons (Fsp3) is 0.600. The summed E-state index contributed by atoms with van der Waals surface area (Å²) in [7, 11) is 0. The van der Waals surface area contributed by atoms with Crippen LogP contribution < -0.4 is 5.73 Å². The van der Waals surface area contributed by atoms with E-state index in [1.807, 2.05) is 23.1 Å². The van der Waals surface area contributed by atoms with Gasteiger partial charge >= 0.3 is 0 Å². The summed E-state index contributed by atoms with van der Waals surface area (Å²) in [5.74, 6) is 0.336. The number of carbonyl (C=O) groups excluding carboxylic acids is 2. The maximum Gasteiger partial charge on any atom is 0.248 e. The van der Waals surface area contributed by atoms with Crippen molar-refractivity contribution in [1.82, 2.24) is 9.80 Å². The summed E-state index contributed by atoms with van der Waals surface area (Å²) in [5, 5.41) is 0. The molecular formula is C20H29N3O3. The van der Waals surface area contributed by atoms with Gasteiger partial charge in [0.05, 0.1) is 13.2 Å². The van der Waals surface area contributed by atoms with Crippen molar-refractivity contribution in [2.45, 2.75) is 25.7 Å². The van der Waals surface area contributed by atoms with Crippen molar-refractivity contribution in [3.8, 4) is 0 Å². The predicted octanol–water partition coefficient (Wildman–Crippen LogP) is 1.29. The molecule has 3 rings (SSSR count). The third kappa shape index (κ3) is 5.29. The normalized spacial score (nSPS) is 21.1. The van der Waals surface area contributed by atoms with Crippen molar-refractivity contribution in [2.75, 3.05) is 45.9 Å². The SMILES string of the molecule is NC(=O)c1cccc(CC2CCN(C(=O)CCCN3CCOCC3)C2)c1. The van der Waals surface area contributed by atoms with E-state index >= 15 is 0 Å². The number of carbonyl (C=O) groups is 2. The molecule has 6 nitrogen and oxygen atoms in total. The van der Waals surface area contributed by atoms with Crippen LogP contribution in [0.15, 0.2) is 24.3 Å². The Bertz CT molecular complexity index is 628. The van der Waals surface area contributed by atoms with Gasteiger partial charge in [-0.3, -0.25) is 14.5 Å². The topological polar surface area (TPSA) is 75.9 Å².